The van der Waals surface area contributed by atoms with Crippen molar-refractivity contribution in [2.75, 3.05) is 9.80 Å². The van der Waals surface area contributed by atoms with Crippen LogP contribution in [0.25, 0.3) is 22.3 Å². The van der Waals surface area contributed by atoms with Crippen molar-refractivity contribution in [1.29, 1.82) is 0 Å². The molecular weight excluding hydrogens is 976 g/mol. The second-order valence-electron chi connectivity index (χ2n) is 30.6. The molecule has 8 aromatic rings. The number of hydrogen-bond donors (Lipinski definition) is 0. The Bertz CT molecular complexity index is 3770. The van der Waals surface area contributed by atoms with Gasteiger partial charge in [0.2, 0.25) is 0 Å². The van der Waals surface area contributed by atoms with Crippen LogP contribution in [0, 0.1) is 0 Å². The predicted octanol–water partition coefficient (Wildman–Crippen LogP) is 19.8. The third kappa shape index (κ3) is 9.14. The van der Waals surface area contributed by atoms with E-state index >= 15 is 0 Å². The van der Waals surface area contributed by atoms with Crippen LogP contribution < -0.4 is 26.2 Å². The molecule has 0 N–H and O–H groups in total. The van der Waals surface area contributed by atoms with Gasteiger partial charge in [0.05, 0.1) is 5.69 Å². The zero-order valence-electron chi connectivity index (χ0n) is 52.4. The topological polar surface area (TPSA) is 6.48 Å². The van der Waals surface area contributed by atoms with Crippen LogP contribution in [0.1, 0.15) is 206 Å². The van der Waals surface area contributed by atoms with Crippen molar-refractivity contribution in [3.63, 3.8) is 0 Å². The highest BCUT2D eigenvalue weighted by Gasteiger charge is 2.48. The van der Waals surface area contributed by atoms with E-state index in [9.17, 15) is 0 Å². The summed E-state index contributed by atoms with van der Waals surface area (Å²) in [5, 5.41) is 0. The van der Waals surface area contributed by atoms with E-state index < -0.39 is 0 Å². The molecule has 0 bridgehead atoms. The largest absolute Gasteiger partial charge is 0.311 e. The van der Waals surface area contributed by atoms with E-state index in [4.69, 9.17) is 0 Å². The highest BCUT2D eigenvalue weighted by Crippen LogP contribution is 2.54. The molecule has 2 heterocycles. The number of anilines is 6. The Morgan fingerprint density at radius 3 is 1.46 bits per heavy atom. The maximum atomic E-state index is 2.74. The van der Waals surface area contributed by atoms with Gasteiger partial charge in [-0.2, -0.15) is 0 Å². The summed E-state index contributed by atoms with van der Waals surface area (Å²) in [5.74, 6) is 0.277. The summed E-state index contributed by atoms with van der Waals surface area (Å²) >= 11 is 0. The number of nitrogens with zero attached hydrogens (tertiary/aromatic N) is 2. The number of fused-ring (bicyclic) bond motifs is 6. The van der Waals surface area contributed by atoms with Crippen molar-refractivity contribution in [3.05, 3.63) is 208 Å². The fourth-order valence-corrected chi connectivity index (χ4v) is 14.5. The summed E-state index contributed by atoms with van der Waals surface area (Å²) in [4.78, 5) is 5.45. The molecule has 0 saturated carbocycles. The van der Waals surface area contributed by atoms with Gasteiger partial charge in [0, 0.05) is 39.4 Å². The first-order valence-corrected chi connectivity index (χ1v) is 30.6. The number of hydrogen-bond acceptors (Lipinski definition) is 2. The lowest BCUT2D eigenvalue weighted by atomic mass is 9.33. The minimum Gasteiger partial charge on any atom is -0.311 e. The Kier molecular flexibility index (Phi) is 12.7. The summed E-state index contributed by atoms with van der Waals surface area (Å²) in [7, 11) is 0. The van der Waals surface area contributed by atoms with E-state index in [1.807, 2.05) is 0 Å². The summed E-state index contributed by atoms with van der Waals surface area (Å²) in [6.07, 6.45) is 4.68. The molecule has 0 aromatic heterocycles. The van der Waals surface area contributed by atoms with Crippen LogP contribution in [-0.2, 0) is 37.9 Å². The van der Waals surface area contributed by atoms with Crippen LogP contribution in [0.2, 0.25) is 0 Å². The van der Waals surface area contributed by atoms with Crippen molar-refractivity contribution in [1.82, 2.24) is 0 Å². The zero-order chi connectivity index (χ0) is 57.7. The molecule has 0 saturated heterocycles. The molecule has 4 aliphatic rings. The minimum atomic E-state index is -0.266. The molecule has 0 atom stereocenters. The summed E-state index contributed by atoms with van der Waals surface area (Å²) in [5.41, 5.74) is 29.3. The van der Waals surface area contributed by atoms with Crippen LogP contribution in [0.4, 0.5) is 34.1 Å². The van der Waals surface area contributed by atoms with Crippen molar-refractivity contribution in [2.45, 2.75) is 194 Å². The summed E-state index contributed by atoms with van der Waals surface area (Å²) in [6.45, 7) is 43.4. The van der Waals surface area contributed by atoms with Crippen LogP contribution in [-0.4, -0.2) is 6.71 Å². The summed E-state index contributed by atoms with van der Waals surface area (Å²) in [6, 6.07) is 63.0. The molecule has 0 amide bonds. The molecule has 0 spiro atoms. The van der Waals surface area contributed by atoms with Crippen LogP contribution in [0.15, 0.2) is 158 Å². The normalized spacial score (nSPS) is 17.5. The second kappa shape index (κ2) is 18.7. The maximum Gasteiger partial charge on any atom is 0.252 e. The SMILES string of the molecule is CC(C)c1cc2c3c(c1)N(c1ccc(C(C)(C)C)cc1-c1ccc(-c4ccc(C(C)(C)C)cc4)cc1)c1cc(C(C)(C)c4ccccc4)ccc1B3c1cc3c(cc1N2c1ccc2c(c1)C(C)(C)CCC2(C)C)C(C)(C)CCC3(C)C. The van der Waals surface area contributed by atoms with Crippen LogP contribution in [0.3, 0.4) is 0 Å². The van der Waals surface area contributed by atoms with Crippen molar-refractivity contribution < 1.29 is 0 Å². The second-order valence-corrected chi connectivity index (χ2v) is 30.6. The first-order chi connectivity index (χ1) is 38.0. The van der Waals surface area contributed by atoms with Crippen molar-refractivity contribution >= 4 is 57.2 Å². The minimum absolute atomic E-state index is 0.0111. The Morgan fingerprint density at radius 2 is 0.877 bits per heavy atom. The third-order valence-electron chi connectivity index (χ3n) is 20.4. The van der Waals surface area contributed by atoms with Crippen LogP contribution >= 0.6 is 0 Å². The first-order valence-electron chi connectivity index (χ1n) is 30.6. The molecule has 2 nitrogen and oxygen atoms in total. The van der Waals surface area contributed by atoms with Gasteiger partial charge in [-0.3, -0.25) is 0 Å². The lowest BCUT2D eigenvalue weighted by Gasteiger charge is -2.48. The number of rotatable bonds is 7. The van der Waals surface area contributed by atoms with Gasteiger partial charge < -0.3 is 9.80 Å². The Balaban J connectivity index is 1.17. The average molecular weight is 1070 g/mol. The Morgan fingerprint density at radius 1 is 0.383 bits per heavy atom. The van der Waals surface area contributed by atoms with E-state index in [0.29, 0.717) is 0 Å². The van der Waals surface area contributed by atoms with Gasteiger partial charge >= 0.3 is 0 Å². The molecule has 414 valence electrons. The molecule has 2 aliphatic heterocycles. The highest BCUT2D eigenvalue weighted by molar-refractivity contribution is 7.00. The predicted molar refractivity (Wildman–Crippen MR) is 352 cm³/mol. The van der Waals surface area contributed by atoms with Crippen molar-refractivity contribution in [3.8, 4) is 22.3 Å². The molecule has 12 rings (SSSR count). The van der Waals surface area contributed by atoms with Gasteiger partial charge in [-0.1, -0.05) is 234 Å². The molecule has 2 aliphatic carbocycles. The molecular formula is C78H89BN2. The molecule has 8 aromatic carbocycles. The molecule has 0 fully saturated rings. The van der Waals surface area contributed by atoms with Gasteiger partial charge in [0.15, 0.2) is 0 Å². The molecule has 3 heteroatoms. The van der Waals surface area contributed by atoms with Gasteiger partial charge in [0.1, 0.15) is 0 Å². The Hall–Kier alpha value is -6.58. The van der Waals surface area contributed by atoms with E-state index in [2.05, 4.69) is 292 Å². The maximum absolute atomic E-state index is 2.74. The summed E-state index contributed by atoms with van der Waals surface area (Å²) < 4.78 is 0. The lowest BCUT2D eigenvalue weighted by molar-refractivity contribution is 0.332. The van der Waals surface area contributed by atoms with E-state index in [0.717, 1.165) is 12.8 Å². The van der Waals surface area contributed by atoms with Crippen molar-refractivity contribution in [2.24, 2.45) is 0 Å². The van der Waals surface area contributed by atoms with E-state index in [1.165, 1.54) is 136 Å². The fraction of sp³-hybridized carbons (Fsp3) is 0.385. The quantitative estimate of drug-likeness (QED) is 0.147. The van der Waals surface area contributed by atoms with Gasteiger partial charge in [0.25, 0.3) is 6.71 Å². The smallest absolute Gasteiger partial charge is 0.252 e. The monoisotopic (exact) mass is 1060 g/mol. The van der Waals surface area contributed by atoms with Gasteiger partial charge in [-0.25, -0.2) is 0 Å². The average Bonchev–Trinajstić information content (AvgIpc) is 1.32. The zero-order valence-corrected chi connectivity index (χ0v) is 52.4. The number of benzene rings is 8. The van der Waals surface area contributed by atoms with Gasteiger partial charge in [-0.05, 0) is 196 Å². The highest BCUT2D eigenvalue weighted by atomic mass is 15.2. The molecule has 81 heavy (non-hydrogen) atoms. The van der Waals surface area contributed by atoms with Crippen LogP contribution in [0.5, 0.6) is 0 Å². The van der Waals surface area contributed by atoms with Gasteiger partial charge in [-0.15, -0.1) is 0 Å². The molecule has 0 unspecified atom stereocenters. The standard InChI is InChI=1S/C78H89BN2/c1-49(2)53-42-69-71-70(43-53)81(66-37-33-56(73(6,7)8)44-59(66)52-26-24-50(25-27-52)51-28-30-54(31-29-51)72(3,4)5)67-45-57(78(17,18)55-22-20-19-21-23-55)32-36-64(67)79(71)65-47-62-63(77(15,16)41-40-76(62,13)14)48-68(65)80(69)58-34-35-60-61(46-58)75(11,12)39-38-74(60,9)10/h19-37,42-49H,38-41H2,1-18H3. The third-order valence-corrected chi connectivity index (χ3v) is 20.4. The fourth-order valence-electron chi connectivity index (χ4n) is 14.5. The first kappa shape index (κ1) is 55.0. The van der Waals surface area contributed by atoms with E-state index in [1.54, 1.807) is 0 Å². The lowest BCUT2D eigenvalue weighted by Crippen LogP contribution is -2.62. The Labute approximate surface area is 488 Å². The van der Waals surface area contributed by atoms with E-state index in [-0.39, 0.29) is 50.5 Å². The molecule has 0 radical (unpaired) electrons.